The van der Waals surface area contributed by atoms with Crippen LogP contribution in [0.3, 0.4) is 0 Å². The molecule has 3 aromatic carbocycles. The molecule has 0 saturated carbocycles. The molecule has 4 rings (SSSR count). The van der Waals surface area contributed by atoms with E-state index in [0.717, 1.165) is 41.8 Å². The fourth-order valence-electron chi connectivity index (χ4n) is 3.77. The van der Waals surface area contributed by atoms with Crippen LogP contribution < -0.4 is 0 Å². The lowest BCUT2D eigenvalue weighted by Crippen LogP contribution is -2.30. The Balaban J connectivity index is 1.59. The Bertz CT molecular complexity index is 855. The average Bonchev–Trinajstić information content (AvgIpc) is 3.08. The Morgan fingerprint density at radius 3 is 1.54 bits per heavy atom. The summed E-state index contributed by atoms with van der Waals surface area (Å²) in [5, 5.41) is 1.48. The zero-order valence-electron chi connectivity index (χ0n) is 15.4. The van der Waals surface area contributed by atoms with Gasteiger partial charge in [-0.1, -0.05) is 59.6 Å². The molecule has 0 aliphatic carbocycles. The van der Waals surface area contributed by atoms with E-state index in [0.29, 0.717) is 0 Å². The number of rotatable bonds is 5. The van der Waals surface area contributed by atoms with Crippen molar-refractivity contribution in [3.8, 4) is 0 Å². The molecule has 28 heavy (non-hydrogen) atoms. The molecule has 1 fully saturated rings. The number of halogens is 3. The summed E-state index contributed by atoms with van der Waals surface area (Å²) in [5.74, 6) is -0.213. The summed E-state index contributed by atoms with van der Waals surface area (Å²) < 4.78 is 13.5. The summed E-state index contributed by atoms with van der Waals surface area (Å²) in [6.45, 7) is 3.52. The fraction of sp³-hybridized carbons (Fsp3) is 0.217. The summed E-state index contributed by atoms with van der Waals surface area (Å²) in [7, 11) is 0. The van der Waals surface area contributed by atoms with Crippen LogP contribution in [0, 0.1) is 5.82 Å². The Morgan fingerprint density at radius 2 is 1.11 bits per heavy atom. The molecule has 3 aromatic rings. The maximum Gasteiger partial charge on any atom is 0.123 e. The topological polar surface area (TPSA) is 6.48 Å². The van der Waals surface area contributed by atoms with Crippen molar-refractivity contribution in [2.45, 2.75) is 19.3 Å². The lowest BCUT2D eigenvalue weighted by Gasteiger charge is -2.31. The van der Waals surface area contributed by atoms with Gasteiger partial charge in [-0.15, -0.1) is 0 Å². The Morgan fingerprint density at radius 1 is 0.679 bits per heavy atom. The van der Waals surface area contributed by atoms with Gasteiger partial charge < -0.3 is 0 Å². The van der Waals surface area contributed by atoms with E-state index < -0.39 is 0 Å². The summed E-state index contributed by atoms with van der Waals surface area (Å²) in [4.78, 5) is 4.85. The molecular formula is C23H21Cl2FN2. The molecule has 0 spiro atoms. The van der Waals surface area contributed by atoms with Crippen molar-refractivity contribution >= 4 is 23.2 Å². The number of benzene rings is 3. The minimum Gasteiger partial charge on any atom is -0.279 e. The molecule has 0 amide bonds. The number of nitrogens with zero attached hydrogens (tertiary/aromatic N) is 2. The molecule has 1 aliphatic heterocycles. The average molecular weight is 415 g/mol. The molecule has 0 atom stereocenters. The highest BCUT2D eigenvalue weighted by molar-refractivity contribution is 6.30. The van der Waals surface area contributed by atoms with Gasteiger partial charge in [-0.05, 0) is 53.1 Å². The molecule has 1 heterocycles. The van der Waals surface area contributed by atoms with Crippen LogP contribution in [0.5, 0.6) is 0 Å². The third-order valence-electron chi connectivity index (χ3n) is 5.13. The zero-order valence-corrected chi connectivity index (χ0v) is 16.9. The summed E-state index contributed by atoms with van der Waals surface area (Å²) in [6, 6.07) is 22.8. The first-order valence-corrected chi connectivity index (χ1v) is 10.1. The minimum absolute atomic E-state index is 0.0898. The van der Waals surface area contributed by atoms with E-state index >= 15 is 0 Å². The molecule has 1 saturated heterocycles. The van der Waals surface area contributed by atoms with Crippen molar-refractivity contribution in [2.75, 3.05) is 13.1 Å². The van der Waals surface area contributed by atoms with Gasteiger partial charge in [-0.25, -0.2) is 4.39 Å². The van der Waals surface area contributed by atoms with E-state index in [-0.39, 0.29) is 12.0 Å². The van der Waals surface area contributed by atoms with Crippen LogP contribution in [0.15, 0.2) is 72.8 Å². The first-order chi connectivity index (χ1) is 13.6. The number of hydrogen-bond acceptors (Lipinski definition) is 2. The van der Waals surface area contributed by atoms with Crippen LogP contribution in [0.4, 0.5) is 4.39 Å². The van der Waals surface area contributed by atoms with Gasteiger partial charge in [0.2, 0.25) is 0 Å². The summed E-state index contributed by atoms with van der Waals surface area (Å²) in [6.07, 6.45) is 0.0898. The van der Waals surface area contributed by atoms with Gasteiger partial charge in [0, 0.05) is 36.2 Å². The lowest BCUT2D eigenvalue weighted by molar-refractivity contribution is 0.126. The summed E-state index contributed by atoms with van der Waals surface area (Å²) >= 11 is 12.1. The van der Waals surface area contributed by atoms with Crippen molar-refractivity contribution in [1.29, 1.82) is 0 Å². The van der Waals surface area contributed by atoms with Gasteiger partial charge in [0.05, 0.1) is 6.17 Å². The van der Waals surface area contributed by atoms with E-state index in [1.54, 1.807) is 0 Å². The molecule has 0 N–H and O–H groups in total. The van der Waals surface area contributed by atoms with Crippen LogP contribution in [0.25, 0.3) is 0 Å². The highest BCUT2D eigenvalue weighted by atomic mass is 35.5. The third-order valence-corrected chi connectivity index (χ3v) is 5.64. The van der Waals surface area contributed by atoms with Gasteiger partial charge in [-0.2, -0.15) is 0 Å². The van der Waals surface area contributed by atoms with Crippen molar-refractivity contribution in [3.05, 3.63) is 105 Å². The standard InChI is InChI=1S/C23H21Cl2FN2/c24-20-7-1-17(2-8-20)15-27-13-14-28(16-18-3-9-21(25)10-4-18)23(27)19-5-11-22(26)12-6-19/h1-12,23H,13-16H2. The smallest absolute Gasteiger partial charge is 0.123 e. The minimum atomic E-state index is -0.213. The number of hydrogen-bond donors (Lipinski definition) is 0. The quantitative estimate of drug-likeness (QED) is 0.493. The van der Waals surface area contributed by atoms with Crippen LogP contribution in [-0.2, 0) is 13.1 Å². The van der Waals surface area contributed by atoms with Crippen LogP contribution >= 0.6 is 23.2 Å². The van der Waals surface area contributed by atoms with Crippen LogP contribution in [0.2, 0.25) is 10.0 Å². The van der Waals surface area contributed by atoms with E-state index in [1.807, 2.05) is 36.4 Å². The van der Waals surface area contributed by atoms with Gasteiger partial charge in [-0.3, -0.25) is 9.80 Å². The van der Waals surface area contributed by atoms with Crippen molar-refractivity contribution in [3.63, 3.8) is 0 Å². The van der Waals surface area contributed by atoms with Crippen LogP contribution in [0.1, 0.15) is 22.9 Å². The predicted molar refractivity (Wildman–Crippen MR) is 113 cm³/mol. The molecule has 2 nitrogen and oxygen atoms in total. The van der Waals surface area contributed by atoms with Crippen molar-refractivity contribution < 1.29 is 4.39 Å². The molecular weight excluding hydrogens is 394 g/mol. The predicted octanol–water partition coefficient (Wildman–Crippen LogP) is 6.15. The summed E-state index contributed by atoms with van der Waals surface area (Å²) in [5.41, 5.74) is 3.52. The van der Waals surface area contributed by atoms with Crippen LogP contribution in [-0.4, -0.2) is 22.9 Å². The fourth-order valence-corrected chi connectivity index (χ4v) is 4.02. The molecule has 0 bridgehead atoms. The first kappa shape index (κ1) is 19.4. The third kappa shape index (κ3) is 4.56. The Labute approximate surface area is 175 Å². The van der Waals surface area contributed by atoms with Gasteiger partial charge in [0.15, 0.2) is 0 Å². The highest BCUT2D eigenvalue weighted by Crippen LogP contribution is 2.33. The second kappa shape index (κ2) is 8.62. The molecule has 1 aliphatic rings. The Hall–Kier alpha value is -1.91. The largest absolute Gasteiger partial charge is 0.279 e. The van der Waals surface area contributed by atoms with E-state index in [1.165, 1.54) is 23.3 Å². The zero-order chi connectivity index (χ0) is 19.5. The lowest BCUT2D eigenvalue weighted by atomic mass is 10.1. The van der Waals surface area contributed by atoms with Gasteiger partial charge in [0.25, 0.3) is 0 Å². The van der Waals surface area contributed by atoms with E-state index in [9.17, 15) is 4.39 Å². The normalized spacial score (nSPS) is 16.0. The molecule has 0 radical (unpaired) electrons. The molecule has 0 unspecified atom stereocenters. The van der Waals surface area contributed by atoms with E-state index in [4.69, 9.17) is 23.2 Å². The maximum absolute atomic E-state index is 13.5. The van der Waals surface area contributed by atoms with Gasteiger partial charge >= 0.3 is 0 Å². The highest BCUT2D eigenvalue weighted by Gasteiger charge is 2.33. The monoisotopic (exact) mass is 414 g/mol. The molecule has 0 aromatic heterocycles. The Kier molecular flexibility index (Phi) is 5.98. The molecule has 144 valence electrons. The maximum atomic E-state index is 13.5. The second-order valence-electron chi connectivity index (χ2n) is 7.12. The molecule has 5 heteroatoms. The van der Waals surface area contributed by atoms with E-state index in [2.05, 4.69) is 34.1 Å². The SMILES string of the molecule is Fc1ccc(C2N(Cc3ccc(Cl)cc3)CCN2Cc2ccc(Cl)cc2)cc1. The van der Waals surface area contributed by atoms with Crippen molar-refractivity contribution in [1.82, 2.24) is 9.80 Å². The first-order valence-electron chi connectivity index (χ1n) is 9.31. The second-order valence-corrected chi connectivity index (χ2v) is 7.99. The van der Waals surface area contributed by atoms with Crippen molar-refractivity contribution in [2.24, 2.45) is 0 Å². The van der Waals surface area contributed by atoms with Gasteiger partial charge in [0.1, 0.15) is 5.82 Å².